The van der Waals surface area contributed by atoms with E-state index >= 15 is 0 Å². The van der Waals surface area contributed by atoms with Crippen molar-refractivity contribution < 1.29 is 22.7 Å². The molecule has 1 amide bonds. The first-order chi connectivity index (χ1) is 12.4. The summed E-state index contributed by atoms with van der Waals surface area (Å²) in [7, 11) is -0.307. The van der Waals surface area contributed by atoms with Crippen LogP contribution in [0.3, 0.4) is 0 Å². The Bertz CT molecular complexity index is 877. The van der Waals surface area contributed by atoms with E-state index in [1.165, 1.54) is 12.1 Å². The molecule has 0 aliphatic carbocycles. The number of methoxy groups -OCH3 is 2. The quantitative estimate of drug-likeness (QED) is 0.764. The van der Waals surface area contributed by atoms with Crippen LogP contribution in [0.25, 0.3) is 0 Å². The molecule has 0 fully saturated rings. The van der Waals surface area contributed by atoms with Gasteiger partial charge in [0.25, 0.3) is 5.91 Å². The minimum atomic E-state index is -3.47. The second-order valence-corrected chi connectivity index (χ2v) is 7.83. The maximum atomic E-state index is 12.5. The molecule has 0 aliphatic heterocycles. The van der Waals surface area contributed by atoms with E-state index in [0.29, 0.717) is 24.5 Å². The monoisotopic (exact) mass is 377 g/mol. The summed E-state index contributed by atoms with van der Waals surface area (Å²) >= 11 is 0. The highest BCUT2D eigenvalue weighted by Crippen LogP contribution is 2.24. The van der Waals surface area contributed by atoms with Crippen LogP contribution in [0.4, 0.5) is 0 Å². The number of sulfone groups is 1. The molecule has 0 radical (unpaired) electrons. The van der Waals surface area contributed by atoms with E-state index in [0.717, 1.165) is 5.56 Å². The van der Waals surface area contributed by atoms with E-state index in [2.05, 4.69) is 5.32 Å². The van der Waals surface area contributed by atoms with E-state index in [9.17, 15) is 13.2 Å². The zero-order valence-electron chi connectivity index (χ0n) is 15.1. The Morgan fingerprint density at radius 1 is 1.08 bits per heavy atom. The number of hydrogen-bond acceptors (Lipinski definition) is 5. The highest BCUT2D eigenvalue weighted by molar-refractivity contribution is 7.91. The third-order valence-corrected chi connectivity index (χ3v) is 5.80. The number of carbonyl (C=O) groups is 1. The van der Waals surface area contributed by atoms with Gasteiger partial charge in [0.1, 0.15) is 11.5 Å². The zero-order valence-corrected chi connectivity index (χ0v) is 15.9. The molecule has 2 rings (SSSR count). The number of rotatable bonds is 8. The first kappa shape index (κ1) is 19.8. The normalized spacial score (nSPS) is 11.0. The molecule has 0 aliphatic rings. The van der Waals surface area contributed by atoms with Crippen molar-refractivity contribution in [1.82, 2.24) is 5.32 Å². The molecule has 0 aromatic heterocycles. The van der Waals surface area contributed by atoms with Gasteiger partial charge in [0.15, 0.2) is 9.84 Å². The summed E-state index contributed by atoms with van der Waals surface area (Å²) in [5.41, 5.74) is 1.05. The Labute approximate surface area is 154 Å². The summed E-state index contributed by atoms with van der Waals surface area (Å²) in [6.45, 7) is 1.89. The molecule has 0 bridgehead atoms. The van der Waals surface area contributed by atoms with Gasteiger partial charge in [-0.15, -0.1) is 0 Å². The molecule has 0 heterocycles. The molecule has 2 aromatic carbocycles. The smallest absolute Gasteiger partial charge is 0.252 e. The summed E-state index contributed by atoms with van der Waals surface area (Å²) in [6.07, 6.45) is 0.523. The molecule has 0 atom stereocenters. The van der Waals surface area contributed by atoms with Crippen molar-refractivity contribution in [2.45, 2.75) is 18.2 Å². The largest absolute Gasteiger partial charge is 0.497 e. The van der Waals surface area contributed by atoms with Gasteiger partial charge in [-0.1, -0.05) is 19.1 Å². The molecular weight excluding hydrogens is 354 g/mol. The van der Waals surface area contributed by atoms with E-state index < -0.39 is 15.7 Å². The number of amides is 1. The van der Waals surface area contributed by atoms with Crippen molar-refractivity contribution >= 4 is 15.7 Å². The molecule has 7 heteroatoms. The lowest BCUT2D eigenvalue weighted by molar-refractivity contribution is 0.0950. The number of benzene rings is 2. The molecule has 6 nitrogen and oxygen atoms in total. The van der Waals surface area contributed by atoms with Crippen molar-refractivity contribution in [3.63, 3.8) is 0 Å². The van der Waals surface area contributed by atoms with Crippen molar-refractivity contribution in [2.24, 2.45) is 0 Å². The van der Waals surface area contributed by atoms with Gasteiger partial charge in [0.05, 0.1) is 30.4 Å². The first-order valence-electron chi connectivity index (χ1n) is 8.23. The van der Waals surface area contributed by atoms with Crippen molar-refractivity contribution in [3.05, 3.63) is 53.6 Å². The van der Waals surface area contributed by atoms with Crippen LogP contribution >= 0.6 is 0 Å². The number of ether oxygens (including phenoxy) is 2. The summed E-state index contributed by atoms with van der Waals surface area (Å²) < 4.78 is 34.9. The molecule has 140 valence electrons. The Morgan fingerprint density at radius 3 is 2.46 bits per heavy atom. The average molecular weight is 377 g/mol. The Morgan fingerprint density at radius 2 is 1.81 bits per heavy atom. The Kier molecular flexibility index (Phi) is 6.63. The highest BCUT2D eigenvalue weighted by Gasteiger charge is 2.20. The summed E-state index contributed by atoms with van der Waals surface area (Å²) in [4.78, 5) is 12.5. The second-order valence-electron chi connectivity index (χ2n) is 5.58. The van der Waals surface area contributed by atoms with Crippen molar-refractivity contribution in [2.75, 3.05) is 26.5 Å². The molecule has 0 unspecified atom stereocenters. The number of carbonyl (C=O) groups excluding carboxylic acids is 1. The molecule has 26 heavy (non-hydrogen) atoms. The van der Waals surface area contributed by atoms with Gasteiger partial charge in [-0.05, 0) is 42.3 Å². The maximum Gasteiger partial charge on any atom is 0.252 e. The van der Waals surface area contributed by atoms with Gasteiger partial charge in [0, 0.05) is 6.54 Å². The fourth-order valence-corrected chi connectivity index (χ4v) is 3.66. The van der Waals surface area contributed by atoms with E-state index in [1.54, 1.807) is 45.4 Å². The van der Waals surface area contributed by atoms with E-state index in [-0.39, 0.29) is 16.2 Å². The SMILES string of the molecule is CCS(=O)(=O)c1ccccc1C(=O)NCCc1cc(OC)ccc1OC. The first-order valence-corrected chi connectivity index (χ1v) is 9.89. The maximum absolute atomic E-state index is 12.5. The standard InChI is InChI=1S/C19H23NO5S/c1-4-26(22,23)18-8-6-5-7-16(18)19(21)20-12-11-14-13-15(24-2)9-10-17(14)25-3/h5-10,13H,4,11-12H2,1-3H3,(H,20,21). The fraction of sp³-hybridized carbons (Fsp3) is 0.316. The predicted octanol–water partition coefficient (Wildman–Crippen LogP) is 2.47. The van der Waals surface area contributed by atoms with Crippen LogP contribution < -0.4 is 14.8 Å². The van der Waals surface area contributed by atoms with Crippen LogP contribution in [-0.4, -0.2) is 40.8 Å². The highest BCUT2D eigenvalue weighted by atomic mass is 32.2. The van der Waals surface area contributed by atoms with Crippen LogP contribution in [0.15, 0.2) is 47.4 Å². The molecule has 0 saturated carbocycles. The zero-order chi connectivity index (χ0) is 19.2. The summed E-state index contributed by atoms with van der Waals surface area (Å²) in [5, 5.41) is 2.77. The van der Waals surface area contributed by atoms with Gasteiger partial charge in [-0.3, -0.25) is 4.79 Å². The van der Waals surface area contributed by atoms with Crippen molar-refractivity contribution in [1.29, 1.82) is 0 Å². The lowest BCUT2D eigenvalue weighted by Crippen LogP contribution is -2.27. The fourth-order valence-electron chi connectivity index (χ4n) is 2.56. The van der Waals surface area contributed by atoms with Crippen molar-refractivity contribution in [3.8, 4) is 11.5 Å². The minimum absolute atomic E-state index is 0.0546. The summed E-state index contributed by atoms with van der Waals surface area (Å²) in [6, 6.07) is 11.7. The van der Waals surface area contributed by atoms with Gasteiger partial charge in [-0.25, -0.2) is 8.42 Å². The molecule has 0 saturated heterocycles. The predicted molar refractivity (Wildman–Crippen MR) is 99.8 cm³/mol. The van der Waals surface area contributed by atoms with Gasteiger partial charge in [0.2, 0.25) is 0 Å². The number of nitrogens with one attached hydrogen (secondary N) is 1. The molecule has 0 spiro atoms. The lowest BCUT2D eigenvalue weighted by atomic mass is 10.1. The van der Waals surface area contributed by atoms with Gasteiger partial charge >= 0.3 is 0 Å². The topological polar surface area (TPSA) is 81.7 Å². The van der Waals surface area contributed by atoms with Gasteiger partial charge in [-0.2, -0.15) is 0 Å². The molecule has 2 aromatic rings. The Balaban J connectivity index is 2.12. The third kappa shape index (κ3) is 4.54. The van der Waals surface area contributed by atoms with Gasteiger partial charge < -0.3 is 14.8 Å². The van der Waals surface area contributed by atoms with Crippen LogP contribution in [-0.2, 0) is 16.3 Å². The molecule has 1 N–H and O–H groups in total. The molecular formula is C19H23NO5S. The van der Waals surface area contributed by atoms with E-state index in [4.69, 9.17) is 9.47 Å². The van der Waals surface area contributed by atoms with Crippen LogP contribution in [0.1, 0.15) is 22.8 Å². The second kappa shape index (κ2) is 8.71. The third-order valence-electron chi connectivity index (χ3n) is 4.01. The average Bonchev–Trinajstić information content (AvgIpc) is 2.67. The summed E-state index contributed by atoms with van der Waals surface area (Å²) in [5.74, 6) is 0.929. The van der Waals surface area contributed by atoms with E-state index in [1.807, 2.05) is 6.07 Å². The van der Waals surface area contributed by atoms with Crippen LogP contribution in [0.5, 0.6) is 11.5 Å². The number of hydrogen-bond donors (Lipinski definition) is 1. The van der Waals surface area contributed by atoms with Crippen LogP contribution in [0, 0.1) is 0 Å². The Hall–Kier alpha value is -2.54. The lowest BCUT2D eigenvalue weighted by Gasteiger charge is -2.12. The minimum Gasteiger partial charge on any atom is -0.497 e. The van der Waals surface area contributed by atoms with Crippen LogP contribution in [0.2, 0.25) is 0 Å².